The van der Waals surface area contributed by atoms with Crippen LogP contribution in [0.1, 0.15) is 38.5 Å². The summed E-state index contributed by atoms with van der Waals surface area (Å²) in [4.78, 5) is 19.6. The summed E-state index contributed by atoms with van der Waals surface area (Å²) in [6, 6.07) is 13.2. The number of rotatable bonds is 7. The van der Waals surface area contributed by atoms with E-state index in [-0.39, 0.29) is 23.7 Å². The van der Waals surface area contributed by atoms with Crippen molar-refractivity contribution >= 4 is 11.6 Å². The maximum Gasteiger partial charge on any atom is 0.241 e. The van der Waals surface area contributed by atoms with E-state index in [2.05, 4.69) is 20.4 Å². The van der Waals surface area contributed by atoms with Gasteiger partial charge in [-0.15, -0.1) is 0 Å². The molecule has 0 saturated carbocycles. The maximum absolute atomic E-state index is 13.5. The van der Waals surface area contributed by atoms with Gasteiger partial charge in [-0.2, -0.15) is 4.98 Å². The molecule has 1 aliphatic heterocycles. The average Bonchev–Trinajstić information content (AvgIpc) is 3.31. The standard InChI is InChI=1S/C24H27FN4O3/c1-3-31-21-12-5-4-11-20(21)26-23(30)16(2)29-13-7-9-18(15-29)24-27-22(28-32-24)17-8-6-10-19(25)14-17/h4-6,8,10-12,14,16,18H,3,7,9,13,15H2,1-2H3,(H,26,30). The summed E-state index contributed by atoms with van der Waals surface area (Å²) in [5, 5.41) is 7.01. The summed E-state index contributed by atoms with van der Waals surface area (Å²) < 4.78 is 24.6. The molecule has 1 aliphatic rings. The van der Waals surface area contributed by atoms with Gasteiger partial charge in [-0.1, -0.05) is 29.4 Å². The van der Waals surface area contributed by atoms with Crippen molar-refractivity contribution in [1.29, 1.82) is 0 Å². The van der Waals surface area contributed by atoms with E-state index >= 15 is 0 Å². The second-order valence-corrected chi connectivity index (χ2v) is 7.90. The van der Waals surface area contributed by atoms with Crippen LogP contribution in [0, 0.1) is 5.82 Å². The van der Waals surface area contributed by atoms with Gasteiger partial charge in [0.05, 0.1) is 24.3 Å². The molecule has 1 N–H and O–H groups in total. The molecule has 2 atom stereocenters. The first-order valence-electron chi connectivity index (χ1n) is 10.9. The second-order valence-electron chi connectivity index (χ2n) is 7.90. The average molecular weight is 439 g/mol. The number of nitrogens with zero attached hydrogens (tertiary/aromatic N) is 3. The van der Waals surface area contributed by atoms with Crippen LogP contribution in [0.2, 0.25) is 0 Å². The third-order valence-corrected chi connectivity index (χ3v) is 5.70. The first kappa shape index (κ1) is 22.0. The normalized spacial score (nSPS) is 17.7. The molecule has 0 spiro atoms. The molecule has 1 saturated heterocycles. The van der Waals surface area contributed by atoms with Crippen molar-refractivity contribution in [2.75, 3.05) is 25.0 Å². The molecule has 3 aromatic rings. The Bertz CT molecular complexity index is 1070. The Balaban J connectivity index is 1.42. The fourth-order valence-electron chi connectivity index (χ4n) is 3.96. The van der Waals surface area contributed by atoms with E-state index in [1.807, 2.05) is 38.1 Å². The molecule has 0 radical (unpaired) electrons. The van der Waals surface area contributed by atoms with Crippen molar-refractivity contribution < 1.29 is 18.4 Å². The van der Waals surface area contributed by atoms with Crippen LogP contribution in [0.25, 0.3) is 11.4 Å². The molecule has 2 aromatic carbocycles. The Labute approximate surface area is 186 Å². The molecule has 2 heterocycles. The van der Waals surface area contributed by atoms with Crippen LogP contribution < -0.4 is 10.1 Å². The number of amides is 1. The number of anilines is 1. The highest BCUT2D eigenvalue weighted by Crippen LogP contribution is 2.29. The highest BCUT2D eigenvalue weighted by atomic mass is 19.1. The van der Waals surface area contributed by atoms with E-state index in [0.29, 0.717) is 41.9 Å². The second kappa shape index (κ2) is 9.91. The van der Waals surface area contributed by atoms with Crippen LogP contribution in [-0.2, 0) is 4.79 Å². The minimum atomic E-state index is -0.344. The highest BCUT2D eigenvalue weighted by molar-refractivity contribution is 5.95. The number of carbonyl (C=O) groups excluding carboxylic acids is 1. The van der Waals surface area contributed by atoms with Gasteiger partial charge in [0.2, 0.25) is 17.6 Å². The van der Waals surface area contributed by atoms with E-state index in [9.17, 15) is 9.18 Å². The zero-order chi connectivity index (χ0) is 22.5. The SMILES string of the molecule is CCOc1ccccc1NC(=O)C(C)N1CCCC(c2nc(-c3cccc(F)c3)no2)C1. The number of para-hydroxylation sites is 2. The Morgan fingerprint density at radius 3 is 2.97 bits per heavy atom. The lowest BCUT2D eigenvalue weighted by atomic mass is 9.96. The lowest BCUT2D eigenvalue weighted by Crippen LogP contribution is -2.46. The van der Waals surface area contributed by atoms with Crippen LogP contribution >= 0.6 is 0 Å². The highest BCUT2D eigenvalue weighted by Gasteiger charge is 2.31. The number of aromatic nitrogens is 2. The van der Waals surface area contributed by atoms with Crippen LogP contribution in [0.4, 0.5) is 10.1 Å². The van der Waals surface area contributed by atoms with Gasteiger partial charge in [0, 0.05) is 12.1 Å². The molecule has 32 heavy (non-hydrogen) atoms. The number of piperidine rings is 1. The topological polar surface area (TPSA) is 80.5 Å². The summed E-state index contributed by atoms with van der Waals surface area (Å²) in [5.74, 6) is 1.12. The predicted molar refractivity (Wildman–Crippen MR) is 119 cm³/mol. The van der Waals surface area contributed by atoms with Gasteiger partial charge < -0.3 is 14.6 Å². The van der Waals surface area contributed by atoms with Crippen LogP contribution in [0.3, 0.4) is 0 Å². The zero-order valence-electron chi connectivity index (χ0n) is 18.3. The van der Waals surface area contributed by atoms with Gasteiger partial charge in [0.15, 0.2) is 0 Å². The van der Waals surface area contributed by atoms with E-state index in [1.54, 1.807) is 12.1 Å². The monoisotopic (exact) mass is 438 g/mol. The Morgan fingerprint density at radius 1 is 1.31 bits per heavy atom. The number of halogens is 1. The van der Waals surface area contributed by atoms with Gasteiger partial charge in [0.1, 0.15) is 11.6 Å². The predicted octanol–water partition coefficient (Wildman–Crippen LogP) is 4.48. The largest absolute Gasteiger partial charge is 0.492 e. The van der Waals surface area contributed by atoms with E-state index in [0.717, 1.165) is 19.4 Å². The summed E-state index contributed by atoms with van der Waals surface area (Å²) in [7, 11) is 0. The molecule has 7 nitrogen and oxygen atoms in total. The van der Waals surface area contributed by atoms with Crippen molar-refractivity contribution in [3.63, 3.8) is 0 Å². The van der Waals surface area contributed by atoms with Crippen molar-refractivity contribution in [3.8, 4) is 17.1 Å². The van der Waals surface area contributed by atoms with E-state index in [1.165, 1.54) is 12.1 Å². The van der Waals surface area contributed by atoms with E-state index in [4.69, 9.17) is 9.26 Å². The molecule has 1 fully saturated rings. The number of benzene rings is 2. The fraction of sp³-hybridized carbons (Fsp3) is 0.375. The quantitative estimate of drug-likeness (QED) is 0.586. The number of hydrogen-bond acceptors (Lipinski definition) is 6. The van der Waals surface area contributed by atoms with Crippen LogP contribution in [-0.4, -0.2) is 46.7 Å². The first-order chi connectivity index (χ1) is 15.5. The van der Waals surface area contributed by atoms with Crippen molar-refractivity contribution in [2.24, 2.45) is 0 Å². The fourth-order valence-corrected chi connectivity index (χ4v) is 3.96. The maximum atomic E-state index is 13.5. The summed E-state index contributed by atoms with van der Waals surface area (Å²) in [6.45, 7) is 5.77. The third-order valence-electron chi connectivity index (χ3n) is 5.70. The number of nitrogens with one attached hydrogen (secondary N) is 1. The molecular weight excluding hydrogens is 411 g/mol. The molecular formula is C24H27FN4O3. The van der Waals surface area contributed by atoms with Crippen LogP contribution in [0.15, 0.2) is 53.1 Å². The van der Waals surface area contributed by atoms with Gasteiger partial charge in [-0.3, -0.25) is 9.69 Å². The third kappa shape index (κ3) is 4.96. The lowest BCUT2D eigenvalue weighted by molar-refractivity contribution is -0.121. The molecule has 2 unspecified atom stereocenters. The summed E-state index contributed by atoms with van der Waals surface area (Å²) >= 11 is 0. The minimum Gasteiger partial charge on any atom is -0.492 e. The van der Waals surface area contributed by atoms with Crippen molar-refractivity contribution in [1.82, 2.24) is 15.0 Å². The first-order valence-corrected chi connectivity index (χ1v) is 10.9. The Hall–Kier alpha value is -3.26. The molecule has 8 heteroatoms. The summed E-state index contributed by atoms with van der Waals surface area (Å²) in [5.41, 5.74) is 1.24. The smallest absolute Gasteiger partial charge is 0.241 e. The molecule has 1 aromatic heterocycles. The summed E-state index contributed by atoms with van der Waals surface area (Å²) in [6.07, 6.45) is 1.80. The van der Waals surface area contributed by atoms with Gasteiger partial charge in [-0.05, 0) is 57.5 Å². The number of carbonyl (C=O) groups is 1. The van der Waals surface area contributed by atoms with E-state index < -0.39 is 0 Å². The number of likely N-dealkylation sites (tertiary alicyclic amines) is 1. The van der Waals surface area contributed by atoms with Gasteiger partial charge >= 0.3 is 0 Å². The molecule has 1 amide bonds. The molecule has 0 aliphatic carbocycles. The van der Waals surface area contributed by atoms with Gasteiger partial charge in [0.25, 0.3) is 0 Å². The van der Waals surface area contributed by atoms with Gasteiger partial charge in [-0.25, -0.2) is 4.39 Å². The Kier molecular flexibility index (Phi) is 6.80. The Morgan fingerprint density at radius 2 is 2.16 bits per heavy atom. The minimum absolute atomic E-state index is 0.0181. The number of hydrogen-bond donors (Lipinski definition) is 1. The molecule has 4 rings (SSSR count). The molecule has 168 valence electrons. The van der Waals surface area contributed by atoms with Crippen LogP contribution in [0.5, 0.6) is 5.75 Å². The van der Waals surface area contributed by atoms with Crippen molar-refractivity contribution in [2.45, 2.75) is 38.6 Å². The lowest BCUT2D eigenvalue weighted by Gasteiger charge is -2.34. The zero-order valence-corrected chi connectivity index (χ0v) is 18.3. The molecule has 0 bridgehead atoms. The number of ether oxygens (including phenoxy) is 1. The van der Waals surface area contributed by atoms with Crippen molar-refractivity contribution in [3.05, 3.63) is 60.2 Å².